The van der Waals surface area contributed by atoms with Crippen LogP contribution in [-0.4, -0.2) is 34.9 Å². The molecule has 1 heterocycles. The number of ether oxygens (including phenoxy) is 2. The second-order valence-electron chi connectivity index (χ2n) is 6.51. The Kier molecular flexibility index (Phi) is 6.91. The van der Waals surface area contributed by atoms with Gasteiger partial charge in [0, 0.05) is 23.2 Å². The van der Waals surface area contributed by atoms with Crippen LogP contribution in [-0.2, 0) is 11.4 Å². The highest BCUT2D eigenvalue weighted by molar-refractivity contribution is 9.10. The van der Waals surface area contributed by atoms with Gasteiger partial charge in [-0.1, -0.05) is 28.1 Å². The first-order valence-corrected chi connectivity index (χ1v) is 10.3. The second-order valence-corrected chi connectivity index (χ2v) is 7.36. The van der Waals surface area contributed by atoms with Crippen LogP contribution in [0, 0.1) is 10.1 Å². The molecule has 1 fully saturated rings. The number of likely N-dealkylation sites (N-methyl/N-ethyl adjacent to an activating group) is 1. The fourth-order valence-corrected chi connectivity index (χ4v) is 3.41. The van der Waals surface area contributed by atoms with Crippen LogP contribution in [0.1, 0.15) is 25.0 Å². The van der Waals surface area contributed by atoms with Crippen molar-refractivity contribution in [1.29, 1.82) is 0 Å². The number of halogens is 1. The topological polar surface area (TPSA) is 111 Å². The molecule has 31 heavy (non-hydrogen) atoms. The number of non-ortho nitro benzene ring substituents is 1. The van der Waals surface area contributed by atoms with Crippen molar-refractivity contribution < 1.29 is 24.0 Å². The number of carbonyl (C=O) groups excluding carboxylic acids is 2. The monoisotopic (exact) mass is 489 g/mol. The molecule has 0 unspecified atom stereocenters. The van der Waals surface area contributed by atoms with Crippen molar-refractivity contribution in [3.8, 4) is 11.5 Å². The number of urea groups is 1. The number of nitro groups is 1. The molecule has 3 rings (SSSR count). The summed E-state index contributed by atoms with van der Waals surface area (Å²) >= 11 is 3.46. The zero-order valence-electron chi connectivity index (χ0n) is 16.9. The van der Waals surface area contributed by atoms with Gasteiger partial charge < -0.3 is 14.8 Å². The lowest BCUT2D eigenvalue weighted by Crippen LogP contribution is -2.30. The van der Waals surface area contributed by atoms with Crippen LogP contribution in [0.3, 0.4) is 0 Å². The molecule has 2 aromatic rings. The summed E-state index contributed by atoms with van der Waals surface area (Å²) in [5.74, 6) is 0.467. The summed E-state index contributed by atoms with van der Waals surface area (Å²) in [5, 5.41) is 13.5. The maximum Gasteiger partial charge on any atom is 0.328 e. The number of nitro benzene ring substituents is 1. The summed E-state index contributed by atoms with van der Waals surface area (Å²) in [6.45, 7) is 4.30. The lowest BCUT2D eigenvalue weighted by molar-refractivity contribution is -0.384. The van der Waals surface area contributed by atoms with Crippen LogP contribution >= 0.6 is 15.9 Å². The first kappa shape index (κ1) is 22.3. The molecule has 0 saturated carbocycles. The third-order valence-corrected chi connectivity index (χ3v) is 5.14. The SMILES string of the molecule is CCOc1cc(/C=C2/NC(=O)N(CC)C2=O)c(Br)cc1OCc1cccc([N+](=O)[O-])c1. The zero-order chi connectivity index (χ0) is 22.5. The largest absolute Gasteiger partial charge is 0.490 e. The number of amides is 3. The van der Waals surface area contributed by atoms with Gasteiger partial charge in [-0.2, -0.15) is 0 Å². The van der Waals surface area contributed by atoms with Gasteiger partial charge in [0.1, 0.15) is 12.3 Å². The maximum absolute atomic E-state index is 12.3. The Labute approximate surface area is 186 Å². The van der Waals surface area contributed by atoms with Gasteiger partial charge in [-0.15, -0.1) is 0 Å². The Bertz CT molecular complexity index is 1070. The van der Waals surface area contributed by atoms with Crippen LogP contribution in [0.15, 0.2) is 46.6 Å². The highest BCUT2D eigenvalue weighted by atomic mass is 79.9. The molecule has 162 valence electrons. The number of nitrogens with zero attached hydrogens (tertiary/aromatic N) is 2. The molecular formula is C21H20BrN3O6. The van der Waals surface area contributed by atoms with Gasteiger partial charge in [0.2, 0.25) is 0 Å². The standard InChI is InChI=1S/C21H20BrN3O6/c1-3-24-20(26)17(23-21(24)27)9-14-10-18(30-4-2)19(11-16(14)22)31-12-13-6-5-7-15(8-13)25(28)29/h5-11H,3-4,12H2,1-2H3,(H,23,27)/b17-9+. The van der Waals surface area contributed by atoms with E-state index in [9.17, 15) is 19.7 Å². The second kappa shape index (κ2) is 9.61. The summed E-state index contributed by atoms with van der Waals surface area (Å²) in [7, 11) is 0. The summed E-state index contributed by atoms with van der Waals surface area (Å²) in [6, 6.07) is 9.11. The Hall–Kier alpha value is -3.40. The van der Waals surface area contributed by atoms with Crippen LogP contribution in [0.2, 0.25) is 0 Å². The lowest BCUT2D eigenvalue weighted by atomic mass is 10.1. The summed E-state index contributed by atoms with van der Waals surface area (Å²) in [4.78, 5) is 35.8. The summed E-state index contributed by atoms with van der Waals surface area (Å²) in [6.07, 6.45) is 1.56. The van der Waals surface area contributed by atoms with Crippen molar-refractivity contribution in [1.82, 2.24) is 10.2 Å². The van der Waals surface area contributed by atoms with Crippen molar-refractivity contribution in [3.05, 3.63) is 67.8 Å². The van der Waals surface area contributed by atoms with E-state index in [1.165, 1.54) is 12.1 Å². The molecule has 1 saturated heterocycles. The minimum Gasteiger partial charge on any atom is -0.490 e. The number of benzene rings is 2. The lowest BCUT2D eigenvalue weighted by Gasteiger charge is -2.14. The minimum atomic E-state index is -0.462. The molecule has 0 aliphatic carbocycles. The molecule has 3 amide bonds. The van der Waals surface area contributed by atoms with Crippen molar-refractivity contribution in [2.45, 2.75) is 20.5 Å². The van der Waals surface area contributed by atoms with Gasteiger partial charge in [-0.05, 0) is 43.2 Å². The highest BCUT2D eigenvalue weighted by Gasteiger charge is 2.32. The fourth-order valence-electron chi connectivity index (χ4n) is 2.98. The van der Waals surface area contributed by atoms with E-state index in [1.54, 1.807) is 37.3 Å². The first-order chi connectivity index (χ1) is 14.8. The molecule has 0 aromatic heterocycles. The molecule has 9 nitrogen and oxygen atoms in total. The summed E-state index contributed by atoms with van der Waals surface area (Å²) in [5.41, 5.74) is 1.41. The average Bonchev–Trinajstić information content (AvgIpc) is 3.01. The van der Waals surface area contributed by atoms with E-state index in [0.717, 1.165) is 4.90 Å². The molecule has 1 aliphatic rings. The first-order valence-electron chi connectivity index (χ1n) is 9.51. The number of hydrogen-bond donors (Lipinski definition) is 1. The van der Waals surface area contributed by atoms with Crippen LogP contribution < -0.4 is 14.8 Å². The normalized spacial score (nSPS) is 14.7. The van der Waals surface area contributed by atoms with Crippen molar-refractivity contribution >= 4 is 39.6 Å². The third kappa shape index (κ3) is 5.02. The number of imide groups is 1. The third-order valence-electron chi connectivity index (χ3n) is 4.46. The summed E-state index contributed by atoms with van der Waals surface area (Å²) < 4.78 is 12.1. The van der Waals surface area contributed by atoms with E-state index < -0.39 is 16.9 Å². The van der Waals surface area contributed by atoms with Gasteiger partial charge in [0.05, 0.1) is 11.5 Å². The Balaban J connectivity index is 1.86. The Morgan fingerprint density at radius 3 is 2.55 bits per heavy atom. The van der Waals surface area contributed by atoms with E-state index in [-0.39, 0.29) is 24.5 Å². The maximum atomic E-state index is 12.3. The molecule has 0 spiro atoms. The van der Waals surface area contributed by atoms with Gasteiger partial charge in [-0.25, -0.2) is 4.79 Å². The van der Waals surface area contributed by atoms with E-state index in [2.05, 4.69) is 21.2 Å². The van der Waals surface area contributed by atoms with E-state index in [1.807, 2.05) is 6.92 Å². The molecule has 0 radical (unpaired) electrons. The molecule has 10 heteroatoms. The highest BCUT2D eigenvalue weighted by Crippen LogP contribution is 2.35. The van der Waals surface area contributed by atoms with Crippen molar-refractivity contribution in [2.24, 2.45) is 0 Å². The Morgan fingerprint density at radius 1 is 1.16 bits per heavy atom. The van der Waals surface area contributed by atoms with Crippen molar-refractivity contribution in [3.63, 3.8) is 0 Å². The van der Waals surface area contributed by atoms with E-state index in [0.29, 0.717) is 33.7 Å². The number of carbonyl (C=O) groups is 2. The minimum absolute atomic E-state index is 0.0151. The molecule has 0 atom stereocenters. The molecule has 0 bridgehead atoms. The molecule has 1 aliphatic heterocycles. The fraction of sp³-hybridized carbons (Fsp3) is 0.238. The van der Waals surface area contributed by atoms with Gasteiger partial charge >= 0.3 is 6.03 Å². The van der Waals surface area contributed by atoms with Crippen molar-refractivity contribution in [2.75, 3.05) is 13.2 Å². The molecule has 1 N–H and O–H groups in total. The quantitative estimate of drug-likeness (QED) is 0.256. The van der Waals surface area contributed by atoms with Gasteiger partial charge in [0.25, 0.3) is 11.6 Å². The van der Waals surface area contributed by atoms with Crippen LogP contribution in [0.4, 0.5) is 10.5 Å². The average molecular weight is 490 g/mol. The van der Waals surface area contributed by atoms with Crippen LogP contribution in [0.25, 0.3) is 6.08 Å². The van der Waals surface area contributed by atoms with E-state index in [4.69, 9.17) is 9.47 Å². The van der Waals surface area contributed by atoms with Crippen LogP contribution in [0.5, 0.6) is 11.5 Å². The smallest absolute Gasteiger partial charge is 0.328 e. The van der Waals surface area contributed by atoms with Gasteiger partial charge in [0.15, 0.2) is 11.5 Å². The predicted octanol–water partition coefficient (Wildman–Crippen LogP) is 4.25. The number of nitrogens with one attached hydrogen (secondary N) is 1. The zero-order valence-corrected chi connectivity index (χ0v) is 18.5. The molecular weight excluding hydrogens is 470 g/mol. The van der Waals surface area contributed by atoms with E-state index >= 15 is 0 Å². The molecule has 2 aromatic carbocycles. The number of rotatable bonds is 8. The predicted molar refractivity (Wildman–Crippen MR) is 117 cm³/mol. The Morgan fingerprint density at radius 2 is 1.90 bits per heavy atom. The van der Waals surface area contributed by atoms with Gasteiger partial charge in [-0.3, -0.25) is 19.8 Å². The number of hydrogen-bond acceptors (Lipinski definition) is 6.